The number of unbranched alkanes of at least 4 members (excludes halogenated alkanes) is 3. The molecule has 0 radical (unpaired) electrons. The highest BCUT2D eigenvalue weighted by molar-refractivity contribution is 5.72. The first-order chi connectivity index (χ1) is 9.45. The number of amides is 1. The van der Waals surface area contributed by atoms with Gasteiger partial charge in [0.2, 0.25) is 5.91 Å². The number of halogens is 3. The van der Waals surface area contributed by atoms with Crippen molar-refractivity contribution in [2.45, 2.75) is 32.6 Å². The summed E-state index contributed by atoms with van der Waals surface area (Å²) in [5, 5.41) is 2.75. The summed E-state index contributed by atoms with van der Waals surface area (Å²) in [6, 6.07) is 0. The molecule has 114 valence electrons. The molecular weight excluding hydrogens is 275 g/mol. The predicted octanol–water partition coefficient (Wildman–Crippen LogP) is 0.930. The molecule has 3 N–H and O–H groups in total. The molecule has 9 heteroatoms. The molecule has 1 heterocycles. The first-order valence-electron chi connectivity index (χ1n) is 6.12. The molecule has 0 spiro atoms. The van der Waals surface area contributed by atoms with Crippen molar-refractivity contribution in [1.29, 1.82) is 0 Å². The lowest BCUT2D eigenvalue weighted by Crippen LogP contribution is -2.20. The average molecular weight is 293 g/mol. The number of hydrogen-bond donors (Lipinski definition) is 2. The van der Waals surface area contributed by atoms with E-state index in [-0.39, 0.29) is 5.91 Å². The van der Waals surface area contributed by atoms with Crippen LogP contribution in [0, 0.1) is 18.2 Å². The molecule has 0 fully saturated rings. The molecule has 0 aliphatic carbocycles. The Balaban J connectivity index is 0.000000367. The summed E-state index contributed by atoms with van der Waals surface area (Å²) < 4.78 is 35.1. The first kappa shape index (κ1) is 18.2. The molecule has 1 aromatic rings. The van der Waals surface area contributed by atoms with Gasteiger partial charge in [0.1, 0.15) is 0 Å². The molecule has 0 aliphatic rings. The second-order valence-electron chi connectivity index (χ2n) is 3.83. The highest BCUT2D eigenvalue weighted by Crippen LogP contribution is 1.96. The van der Waals surface area contributed by atoms with E-state index in [0.717, 1.165) is 32.4 Å². The van der Waals surface area contributed by atoms with Crippen molar-refractivity contribution in [3.63, 3.8) is 0 Å². The zero-order valence-electron chi connectivity index (χ0n) is 11.2. The summed E-state index contributed by atoms with van der Waals surface area (Å²) in [7, 11) is 0. The monoisotopic (exact) mass is 293 g/mol. The number of carbonyl (C=O) groups is 1. The van der Waals surface area contributed by atoms with Gasteiger partial charge in [-0.2, -0.15) is 28.1 Å². The third-order valence-corrected chi connectivity index (χ3v) is 2.06. The molecular formula is C11H18F3N5O. The lowest BCUT2D eigenvalue weighted by Gasteiger charge is -2.00. The van der Waals surface area contributed by atoms with Crippen LogP contribution in [0.15, 0.2) is 0 Å². The zero-order valence-corrected chi connectivity index (χ0v) is 11.2. The van der Waals surface area contributed by atoms with Crippen LogP contribution in [0.5, 0.6) is 0 Å². The Bertz CT molecular complexity index is 355. The number of aromatic nitrogens is 3. The molecule has 1 amide bonds. The number of hydrogen-bond acceptors (Lipinski definition) is 5. The van der Waals surface area contributed by atoms with Crippen molar-refractivity contribution in [3.05, 3.63) is 18.2 Å². The van der Waals surface area contributed by atoms with Crippen LogP contribution < -0.4 is 11.1 Å². The van der Waals surface area contributed by atoms with Gasteiger partial charge in [0.25, 0.3) is 0 Å². The molecule has 0 saturated carbocycles. The van der Waals surface area contributed by atoms with E-state index in [2.05, 4.69) is 20.3 Å². The predicted molar refractivity (Wildman–Crippen MR) is 65.9 cm³/mol. The Morgan fingerprint density at radius 2 is 1.45 bits per heavy atom. The molecule has 6 nitrogen and oxygen atoms in total. The molecule has 0 saturated heterocycles. The fourth-order valence-electron chi connectivity index (χ4n) is 1.19. The largest absolute Gasteiger partial charge is 0.356 e. The van der Waals surface area contributed by atoms with Gasteiger partial charge in [0.05, 0.1) is 0 Å². The van der Waals surface area contributed by atoms with Gasteiger partial charge in [-0.05, 0) is 19.4 Å². The normalized spacial score (nSPS) is 9.65. The van der Waals surface area contributed by atoms with Crippen LogP contribution in [0.25, 0.3) is 0 Å². The van der Waals surface area contributed by atoms with Crippen molar-refractivity contribution in [3.8, 4) is 0 Å². The molecule has 0 atom stereocenters. The Labute approximate surface area is 115 Å². The fraction of sp³-hybridized carbons (Fsp3) is 0.636. The molecule has 1 rings (SSSR count). The van der Waals surface area contributed by atoms with Crippen LogP contribution in [-0.2, 0) is 4.79 Å². The lowest BCUT2D eigenvalue weighted by atomic mass is 10.2. The lowest BCUT2D eigenvalue weighted by molar-refractivity contribution is -0.118. The van der Waals surface area contributed by atoms with Gasteiger partial charge >= 0.3 is 18.2 Å². The van der Waals surface area contributed by atoms with E-state index in [1.807, 2.05) is 0 Å². The molecule has 0 bridgehead atoms. The SMILES string of the molecule is CC(=O)NCCCCCCN.Fc1nc(F)nc(F)n1. The van der Waals surface area contributed by atoms with Crippen LogP contribution in [0.4, 0.5) is 13.2 Å². The van der Waals surface area contributed by atoms with Gasteiger partial charge in [0, 0.05) is 13.5 Å². The quantitative estimate of drug-likeness (QED) is 0.761. The third kappa shape index (κ3) is 11.3. The Morgan fingerprint density at radius 1 is 1.00 bits per heavy atom. The number of carbonyl (C=O) groups excluding carboxylic acids is 1. The topological polar surface area (TPSA) is 93.8 Å². The van der Waals surface area contributed by atoms with Crippen LogP contribution in [0.1, 0.15) is 32.6 Å². The summed E-state index contributed by atoms with van der Waals surface area (Å²) in [5.74, 6) is 0.0591. The van der Waals surface area contributed by atoms with Crippen molar-refractivity contribution < 1.29 is 18.0 Å². The van der Waals surface area contributed by atoms with Crippen LogP contribution in [0.3, 0.4) is 0 Å². The number of nitrogens with zero attached hydrogens (tertiary/aromatic N) is 3. The van der Waals surface area contributed by atoms with E-state index in [9.17, 15) is 18.0 Å². The van der Waals surface area contributed by atoms with E-state index in [0.29, 0.717) is 0 Å². The fourth-order valence-corrected chi connectivity index (χ4v) is 1.19. The van der Waals surface area contributed by atoms with Gasteiger partial charge in [-0.3, -0.25) is 4.79 Å². The molecule has 20 heavy (non-hydrogen) atoms. The van der Waals surface area contributed by atoms with Gasteiger partial charge in [-0.1, -0.05) is 12.8 Å². The second-order valence-corrected chi connectivity index (χ2v) is 3.83. The van der Waals surface area contributed by atoms with E-state index < -0.39 is 18.2 Å². The van der Waals surface area contributed by atoms with Crippen LogP contribution in [-0.4, -0.2) is 33.9 Å². The third-order valence-electron chi connectivity index (χ3n) is 2.06. The minimum atomic E-state index is -1.46. The maximum atomic E-state index is 11.7. The highest BCUT2D eigenvalue weighted by Gasteiger charge is 2.01. The van der Waals surface area contributed by atoms with Crippen molar-refractivity contribution in [2.24, 2.45) is 5.73 Å². The Hall–Kier alpha value is -1.77. The number of nitrogens with two attached hydrogens (primary N) is 1. The van der Waals surface area contributed by atoms with Crippen molar-refractivity contribution in [1.82, 2.24) is 20.3 Å². The molecule has 0 unspecified atom stereocenters. The summed E-state index contributed by atoms with van der Waals surface area (Å²) in [4.78, 5) is 17.7. The van der Waals surface area contributed by atoms with E-state index >= 15 is 0 Å². The summed E-state index contributed by atoms with van der Waals surface area (Å²) in [6.45, 7) is 3.12. The smallest absolute Gasteiger partial charge is 0.316 e. The molecule has 0 aromatic carbocycles. The van der Waals surface area contributed by atoms with Crippen molar-refractivity contribution >= 4 is 5.91 Å². The average Bonchev–Trinajstić information content (AvgIpc) is 2.32. The second kappa shape index (κ2) is 11.1. The minimum Gasteiger partial charge on any atom is -0.356 e. The van der Waals surface area contributed by atoms with Crippen LogP contribution in [0.2, 0.25) is 0 Å². The first-order valence-corrected chi connectivity index (χ1v) is 6.12. The van der Waals surface area contributed by atoms with E-state index in [4.69, 9.17) is 5.73 Å². The summed E-state index contributed by atoms with van der Waals surface area (Å²) >= 11 is 0. The van der Waals surface area contributed by atoms with E-state index in [1.54, 1.807) is 6.92 Å². The molecule has 0 aliphatic heterocycles. The molecule has 1 aromatic heterocycles. The minimum absolute atomic E-state index is 0.0591. The number of nitrogens with one attached hydrogen (secondary N) is 1. The van der Waals surface area contributed by atoms with Crippen molar-refractivity contribution in [2.75, 3.05) is 13.1 Å². The Kier molecular flexibility index (Phi) is 10.1. The van der Waals surface area contributed by atoms with Gasteiger partial charge in [0.15, 0.2) is 0 Å². The van der Waals surface area contributed by atoms with Gasteiger partial charge in [-0.15, -0.1) is 0 Å². The van der Waals surface area contributed by atoms with Gasteiger partial charge < -0.3 is 11.1 Å². The number of rotatable bonds is 6. The maximum absolute atomic E-state index is 11.7. The zero-order chi connectivity index (χ0) is 15.4. The highest BCUT2D eigenvalue weighted by atomic mass is 19.2. The van der Waals surface area contributed by atoms with Gasteiger partial charge in [-0.25, -0.2) is 0 Å². The summed E-state index contributed by atoms with van der Waals surface area (Å²) in [5.41, 5.74) is 5.32. The summed E-state index contributed by atoms with van der Waals surface area (Å²) in [6.07, 6.45) is 0.132. The Morgan fingerprint density at radius 3 is 1.85 bits per heavy atom. The van der Waals surface area contributed by atoms with E-state index in [1.165, 1.54) is 6.42 Å². The maximum Gasteiger partial charge on any atom is 0.316 e. The van der Waals surface area contributed by atoms with Crippen LogP contribution >= 0.6 is 0 Å². The standard InChI is InChI=1S/C8H18N2O.C3F3N3/c1-8(11)10-7-5-3-2-4-6-9;4-1-7-2(5)9-3(6)8-1/h2-7,9H2,1H3,(H,10,11);.